The summed E-state index contributed by atoms with van der Waals surface area (Å²) in [6.45, 7) is 4.65. The van der Waals surface area contributed by atoms with E-state index in [-0.39, 0.29) is 6.10 Å². The molecule has 0 radical (unpaired) electrons. The second kappa shape index (κ2) is 4.94. The van der Waals surface area contributed by atoms with Crippen molar-refractivity contribution in [1.29, 1.82) is 5.26 Å². The molecule has 1 aromatic carbocycles. The van der Waals surface area contributed by atoms with E-state index in [1.54, 1.807) is 6.07 Å². The Morgan fingerprint density at radius 2 is 2.24 bits per heavy atom. The summed E-state index contributed by atoms with van der Waals surface area (Å²) in [5.74, 6) is 0. The molecule has 2 aromatic rings. The third kappa shape index (κ3) is 2.43. The number of hydrogen-bond donors (Lipinski definition) is 0. The Hall–Kier alpha value is -1.92. The maximum absolute atomic E-state index is 8.86. The fourth-order valence-electron chi connectivity index (χ4n) is 1.79. The first-order valence-electron chi connectivity index (χ1n) is 5.66. The molecular weight excluding hydrogens is 212 g/mol. The highest BCUT2D eigenvalue weighted by Crippen LogP contribution is 2.21. The van der Waals surface area contributed by atoms with Gasteiger partial charge in [-0.25, -0.2) is 0 Å². The van der Waals surface area contributed by atoms with E-state index in [0.717, 1.165) is 16.5 Å². The lowest BCUT2D eigenvalue weighted by atomic mass is 10.1. The molecule has 0 aliphatic rings. The Labute approximate surface area is 101 Å². The predicted molar refractivity (Wildman–Crippen MR) is 66.5 cm³/mol. The summed E-state index contributed by atoms with van der Waals surface area (Å²) in [6.07, 6.45) is 1.86. The predicted octanol–water partition coefficient (Wildman–Crippen LogP) is 3.20. The molecule has 17 heavy (non-hydrogen) atoms. The first-order valence-corrected chi connectivity index (χ1v) is 5.66. The number of aromatic nitrogens is 1. The van der Waals surface area contributed by atoms with E-state index >= 15 is 0 Å². The van der Waals surface area contributed by atoms with Crippen molar-refractivity contribution >= 4 is 10.9 Å². The molecule has 0 N–H and O–H groups in total. The lowest BCUT2D eigenvalue weighted by Crippen LogP contribution is -2.00. The zero-order chi connectivity index (χ0) is 12.3. The lowest BCUT2D eigenvalue weighted by molar-refractivity contribution is 0.0763. The third-order valence-corrected chi connectivity index (χ3v) is 2.72. The van der Waals surface area contributed by atoms with Crippen molar-refractivity contribution in [2.24, 2.45) is 0 Å². The van der Waals surface area contributed by atoms with Crippen LogP contribution in [-0.4, -0.2) is 11.6 Å². The Kier molecular flexibility index (Phi) is 3.36. The SMILES string of the molecule is CCOC(C)c1cnc2ccc(C#N)cc2c1. The van der Waals surface area contributed by atoms with Gasteiger partial charge in [0.15, 0.2) is 0 Å². The maximum atomic E-state index is 8.86. The van der Waals surface area contributed by atoms with Crippen LogP contribution in [0.1, 0.15) is 31.1 Å². The van der Waals surface area contributed by atoms with Crippen molar-refractivity contribution in [1.82, 2.24) is 4.98 Å². The minimum Gasteiger partial charge on any atom is -0.374 e. The number of ether oxygens (including phenoxy) is 1. The lowest BCUT2D eigenvalue weighted by Gasteiger charge is -2.12. The summed E-state index contributed by atoms with van der Waals surface area (Å²) in [5, 5.41) is 9.84. The third-order valence-electron chi connectivity index (χ3n) is 2.72. The molecule has 1 unspecified atom stereocenters. The van der Waals surface area contributed by atoms with Gasteiger partial charge < -0.3 is 4.74 Å². The molecule has 0 saturated carbocycles. The van der Waals surface area contributed by atoms with Crippen molar-refractivity contribution in [3.05, 3.63) is 41.6 Å². The number of rotatable bonds is 3. The molecule has 3 nitrogen and oxygen atoms in total. The summed E-state index contributed by atoms with van der Waals surface area (Å²) in [4.78, 5) is 4.37. The number of hydrogen-bond acceptors (Lipinski definition) is 3. The maximum Gasteiger partial charge on any atom is 0.0991 e. The fraction of sp³-hybridized carbons (Fsp3) is 0.286. The summed E-state index contributed by atoms with van der Waals surface area (Å²) in [5.41, 5.74) is 2.59. The van der Waals surface area contributed by atoms with E-state index in [9.17, 15) is 0 Å². The molecule has 3 heteroatoms. The zero-order valence-electron chi connectivity index (χ0n) is 9.97. The number of pyridine rings is 1. The van der Waals surface area contributed by atoms with Crippen molar-refractivity contribution in [2.45, 2.75) is 20.0 Å². The van der Waals surface area contributed by atoms with Crippen molar-refractivity contribution < 1.29 is 4.74 Å². The molecule has 2 rings (SSSR count). The van der Waals surface area contributed by atoms with Crippen LogP contribution in [0.2, 0.25) is 0 Å². The molecule has 86 valence electrons. The van der Waals surface area contributed by atoms with Crippen LogP contribution in [0.5, 0.6) is 0 Å². The second-order valence-corrected chi connectivity index (χ2v) is 3.89. The molecule has 1 aromatic heterocycles. The molecule has 1 heterocycles. The van der Waals surface area contributed by atoms with Gasteiger partial charge in [0.2, 0.25) is 0 Å². The Morgan fingerprint density at radius 3 is 2.94 bits per heavy atom. The van der Waals surface area contributed by atoms with Gasteiger partial charge in [0.05, 0.1) is 23.3 Å². The molecule has 0 aliphatic heterocycles. The molecule has 0 fully saturated rings. The Bertz CT molecular complexity index is 572. The molecule has 0 bridgehead atoms. The van der Waals surface area contributed by atoms with Gasteiger partial charge in [-0.3, -0.25) is 4.98 Å². The van der Waals surface area contributed by atoms with Crippen molar-refractivity contribution in [2.75, 3.05) is 6.61 Å². The van der Waals surface area contributed by atoms with E-state index in [0.29, 0.717) is 12.2 Å². The Balaban J connectivity index is 2.45. The highest BCUT2D eigenvalue weighted by Gasteiger charge is 2.06. The van der Waals surface area contributed by atoms with Crippen LogP contribution in [0.25, 0.3) is 10.9 Å². The topological polar surface area (TPSA) is 45.9 Å². The second-order valence-electron chi connectivity index (χ2n) is 3.89. The molecule has 0 aliphatic carbocycles. The number of nitrogens with zero attached hydrogens (tertiary/aromatic N) is 2. The monoisotopic (exact) mass is 226 g/mol. The fourth-order valence-corrected chi connectivity index (χ4v) is 1.79. The average Bonchev–Trinajstić information content (AvgIpc) is 2.37. The standard InChI is InChI=1S/C14H14N2O/c1-3-17-10(2)13-7-12-6-11(8-15)4-5-14(12)16-9-13/h4-7,9-10H,3H2,1-2H3. The van der Waals surface area contributed by atoms with Gasteiger partial charge in [0, 0.05) is 18.2 Å². The summed E-state index contributed by atoms with van der Waals surface area (Å²) < 4.78 is 5.53. The molecule has 0 amide bonds. The largest absolute Gasteiger partial charge is 0.374 e. The quantitative estimate of drug-likeness (QED) is 0.807. The summed E-state index contributed by atoms with van der Waals surface area (Å²) in [7, 11) is 0. The van der Waals surface area contributed by atoms with E-state index in [2.05, 4.69) is 11.1 Å². The number of fused-ring (bicyclic) bond motifs is 1. The first kappa shape index (κ1) is 11.6. The summed E-state index contributed by atoms with van der Waals surface area (Å²) in [6, 6.07) is 9.66. The van der Waals surface area contributed by atoms with Crippen LogP contribution in [-0.2, 0) is 4.74 Å². The number of nitriles is 1. The van der Waals surface area contributed by atoms with E-state index in [1.807, 2.05) is 38.2 Å². The average molecular weight is 226 g/mol. The van der Waals surface area contributed by atoms with Gasteiger partial charge in [-0.05, 0) is 43.7 Å². The van der Waals surface area contributed by atoms with E-state index < -0.39 is 0 Å². The first-order chi connectivity index (χ1) is 8.24. The van der Waals surface area contributed by atoms with Crippen LogP contribution in [0, 0.1) is 11.3 Å². The Morgan fingerprint density at radius 1 is 1.41 bits per heavy atom. The van der Waals surface area contributed by atoms with Crippen LogP contribution in [0.4, 0.5) is 0 Å². The van der Waals surface area contributed by atoms with Crippen LogP contribution in [0.15, 0.2) is 30.5 Å². The minimum absolute atomic E-state index is 0.0302. The molecular formula is C14H14N2O. The van der Waals surface area contributed by atoms with Crippen LogP contribution >= 0.6 is 0 Å². The smallest absolute Gasteiger partial charge is 0.0991 e. The molecule has 1 atom stereocenters. The normalized spacial score (nSPS) is 12.3. The van der Waals surface area contributed by atoms with E-state index in [1.165, 1.54) is 0 Å². The number of benzene rings is 1. The minimum atomic E-state index is 0.0302. The molecule has 0 saturated heterocycles. The van der Waals surface area contributed by atoms with Crippen molar-refractivity contribution in [3.63, 3.8) is 0 Å². The van der Waals surface area contributed by atoms with Gasteiger partial charge in [0.1, 0.15) is 0 Å². The van der Waals surface area contributed by atoms with Gasteiger partial charge >= 0.3 is 0 Å². The zero-order valence-corrected chi connectivity index (χ0v) is 9.97. The highest BCUT2D eigenvalue weighted by molar-refractivity contribution is 5.80. The highest BCUT2D eigenvalue weighted by atomic mass is 16.5. The van der Waals surface area contributed by atoms with Gasteiger partial charge in [-0.15, -0.1) is 0 Å². The summed E-state index contributed by atoms with van der Waals surface area (Å²) >= 11 is 0. The van der Waals surface area contributed by atoms with Gasteiger partial charge in [0.25, 0.3) is 0 Å². The van der Waals surface area contributed by atoms with Gasteiger partial charge in [-0.1, -0.05) is 0 Å². The van der Waals surface area contributed by atoms with Crippen LogP contribution in [0.3, 0.4) is 0 Å². The van der Waals surface area contributed by atoms with Crippen molar-refractivity contribution in [3.8, 4) is 6.07 Å². The van der Waals surface area contributed by atoms with Crippen LogP contribution < -0.4 is 0 Å². The molecule has 0 spiro atoms. The van der Waals surface area contributed by atoms with Gasteiger partial charge in [-0.2, -0.15) is 5.26 Å². The van der Waals surface area contributed by atoms with E-state index in [4.69, 9.17) is 10.00 Å².